The highest BCUT2D eigenvalue weighted by Crippen LogP contribution is 2.24. The second-order valence-corrected chi connectivity index (χ2v) is 6.54. The van der Waals surface area contributed by atoms with Crippen molar-refractivity contribution in [1.29, 1.82) is 0 Å². The molecule has 4 rings (SSSR count). The third-order valence-electron chi connectivity index (χ3n) is 4.64. The molecule has 2 aromatic heterocycles. The van der Waals surface area contributed by atoms with Gasteiger partial charge in [-0.25, -0.2) is 4.68 Å². The molecule has 0 aliphatic rings. The molecule has 0 aliphatic carbocycles. The molecule has 4 aromatic rings. The van der Waals surface area contributed by atoms with Gasteiger partial charge in [0, 0.05) is 42.3 Å². The van der Waals surface area contributed by atoms with Crippen LogP contribution in [0.2, 0.25) is 0 Å². The van der Waals surface area contributed by atoms with Crippen molar-refractivity contribution in [2.24, 2.45) is 0 Å². The van der Waals surface area contributed by atoms with Gasteiger partial charge in [0.1, 0.15) is 0 Å². The van der Waals surface area contributed by atoms with Crippen LogP contribution in [0, 0.1) is 0 Å². The van der Waals surface area contributed by atoms with Crippen molar-refractivity contribution in [1.82, 2.24) is 20.1 Å². The van der Waals surface area contributed by atoms with Gasteiger partial charge in [-0.2, -0.15) is 5.10 Å². The zero-order chi connectivity index (χ0) is 18.5. The minimum absolute atomic E-state index is 0. The highest BCUT2D eigenvalue weighted by Gasteiger charge is 2.14. The molecule has 0 saturated carbocycles. The highest BCUT2D eigenvalue weighted by molar-refractivity contribution is 5.85. The van der Waals surface area contributed by atoms with Crippen molar-refractivity contribution in [2.45, 2.75) is 19.5 Å². The van der Waals surface area contributed by atoms with Crippen LogP contribution in [-0.2, 0) is 6.54 Å². The van der Waals surface area contributed by atoms with E-state index in [1.165, 1.54) is 5.56 Å². The number of hydrogen-bond donors (Lipinski definition) is 1. The van der Waals surface area contributed by atoms with Gasteiger partial charge < -0.3 is 5.32 Å². The maximum absolute atomic E-state index is 4.84. The summed E-state index contributed by atoms with van der Waals surface area (Å²) in [5, 5.41) is 8.45. The Hall–Kier alpha value is -2.95. The number of nitrogens with one attached hydrogen (secondary N) is 1. The summed E-state index contributed by atoms with van der Waals surface area (Å²) in [6.07, 6.45) is 5.75. The normalized spacial score (nSPS) is 11.6. The number of aromatic nitrogens is 3. The Labute approximate surface area is 171 Å². The van der Waals surface area contributed by atoms with Crippen molar-refractivity contribution >= 4 is 12.4 Å². The van der Waals surface area contributed by atoms with Crippen LogP contribution in [0.15, 0.2) is 91.4 Å². The van der Waals surface area contributed by atoms with Crippen molar-refractivity contribution < 1.29 is 0 Å². The van der Waals surface area contributed by atoms with Gasteiger partial charge in [-0.3, -0.25) is 4.98 Å². The van der Waals surface area contributed by atoms with Crippen LogP contribution < -0.4 is 5.32 Å². The topological polar surface area (TPSA) is 42.7 Å². The molecule has 0 spiro atoms. The summed E-state index contributed by atoms with van der Waals surface area (Å²) in [5.41, 5.74) is 5.45. The van der Waals surface area contributed by atoms with E-state index in [0.717, 1.165) is 29.1 Å². The first-order valence-electron chi connectivity index (χ1n) is 9.14. The fraction of sp³-hybridized carbons (Fsp3) is 0.130. The summed E-state index contributed by atoms with van der Waals surface area (Å²) in [7, 11) is 0. The Morgan fingerprint density at radius 1 is 0.929 bits per heavy atom. The Morgan fingerprint density at radius 2 is 1.64 bits per heavy atom. The Kier molecular flexibility index (Phi) is 6.58. The predicted octanol–water partition coefficient (Wildman–Crippen LogP) is 5.21. The molecule has 4 nitrogen and oxygen atoms in total. The fourth-order valence-electron chi connectivity index (χ4n) is 3.12. The second-order valence-electron chi connectivity index (χ2n) is 6.54. The zero-order valence-electron chi connectivity index (χ0n) is 15.7. The first-order valence-corrected chi connectivity index (χ1v) is 9.14. The van der Waals surface area contributed by atoms with Gasteiger partial charge in [-0.1, -0.05) is 48.5 Å². The molecule has 28 heavy (non-hydrogen) atoms. The first-order chi connectivity index (χ1) is 13.3. The molecule has 1 N–H and O–H groups in total. The van der Waals surface area contributed by atoms with Crippen LogP contribution in [-0.4, -0.2) is 14.8 Å². The van der Waals surface area contributed by atoms with E-state index >= 15 is 0 Å². The Bertz CT molecular complexity index is 985. The second kappa shape index (κ2) is 9.31. The van der Waals surface area contributed by atoms with E-state index in [4.69, 9.17) is 5.10 Å². The van der Waals surface area contributed by atoms with E-state index in [1.807, 2.05) is 41.2 Å². The van der Waals surface area contributed by atoms with Gasteiger partial charge in [-0.15, -0.1) is 12.4 Å². The molecular weight excluding hydrogens is 368 g/mol. The highest BCUT2D eigenvalue weighted by atomic mass is 35.5. The van der Waals surface area contributed by atoms with Crippen LogP contribution in [0.3, 0.4) is 0 Å². The molecule has 1 atom stereocenters. The molecule has 0 fully saturated rings. The number of halogens is 1. The first kappa shape index (κ1) is 19.8. The summed E-state index contributed by atoms with van der Waals surface area (Å²) in [4.78, 5) is 4.26. The van der Waals surface area contributed by atoms with Gasteiger partial charge in [0.2, 0.25) is 0 Å². The van der Waals surface area contributed by atoms with E-state index in [9.17, 15) is 0 Å². The summed E-state index contributed by atoms with van der Waals surface area (Å²) >= 11 is 0. The van der Waals surface area contributed by atoms with Crippen LogP contribution in [0.25, 0.3) is 16.9 Å². The molecule has 0 aliphatic heterocycles. The van der Waals surface area contributed by atoms with E-state index in [0.29, 0.717) is 0 Å². The molecule has 1 unspecified atom stereocenters. The molecule has 5 heteroatoms. The number of rotatable bonds is 6. The predicted molar refractivity (Wildman–Crippen MR) is 116 cm³/mol. The Morgan fingerprint density at radius 3 is 2.32 bits per heavy atom. The number of para-hydroxylation sites is 1. The maximum Gasteiger partial charge on any atom is 0.0988 e. The molecule has 2 aromatic carbocycles. The quantitative estimate of drug-likeness (QED) is 0.491. The van der Waals surface area contributed by atoms with Crippen LogP contribution in [0.4, 0.5) is 0 Å². The van der Waals surface area contributed by atoms with Crippen LogP contribution >= 0.6 is 12.4 Å². The lowest BCUT2D eigenvalue weighted by Gasteiger charge is -2.14. The minimum Gasteiger partial charge on any atom is -0.306 e. The molecule has 0 bridgehead atoms. The summed E-state index contributed by atoms with van der Waals surface area (Å²) in [6.45, 7) is 2.91. The monoisotopic (exact) mass is 390 g/mol. The van der Waals surface area contributed by atoms with Crippen molar-refractivity contribution in [3.8, 4) is 16.9 Å². The molecule has 142 valence electrons. The Balaban J connectivity index is 0.00000225. The lowest BCUT2D eigenvalue weighted by Crippen LogP contribution is -2.18. The molecular formula is C23H23ClN4. The summed E-state index contributed by atoms with van der Waals surface area (Å²) < 4.78 is 1.94. The van der Waals surface area contributed by atoms with Gasteiger partial charge in [0.15, 0.2) is 0 Å². The van der Waals surface area contributed by atoms with E-state index in [2.05, 4.69) is 65.9 Å². The van der Waals surface area contributed by atoms with Crippen molar-refractivity contribution in [3.05, 3.63) is 103 Å². The van der Waals surface area contributed by atoms with Gasteiger partial charge >= 0.3 is 0 Å². The molecule has 0 radical (unpaired) electrons. The maximum atomic E-state index is 4.84. The lowest BCUT2D eigenvalue weighted by atomic mass is 10.1. The number of benzene rings is 2. The molecule has 0 saturated heterocycles. The summed E-state index contributed by atoms with van der Waals surface area (Å²) in [6, 6.07) is 24.9. The van der Waals surface area contributed by atoms with Crippen molar-refractivity contribution in [3.63, 3.8) is 0 Å². The fourth-order valence-corrected chi connectivity index (χ4v) is 3.12. The zero-order valence-corrected chi connectivity index (χ0v) is 16.5. The largest absolute Gasteiger partial charge is 0.306 e. The standard InChI is InChI=1S/C23H22N4.ClH/c1-18(19-9-4-2-5-10-19)25-16-21-17-27(22-12-6-3-7-13-22)26-23(21)20-11-8-14-24-15-20;/h2-15,17-18,25H,16H2,1H3;1H. The van der Waals surface area contributed by atoms with Gasteiger partial charge in [0.25, 0.3) is 0 Å². The molecule has 2 heterocycles. The van der Waals surface area contributed by atoms with Gasteiger partial charge in [0.05, 0.1) is 11.4 Å². The minimum atomic E-state index is 0. The number of nitrogens with zero attached hydrogens (tertiary/aromatic N) is 3. The van der Waals surface area contributed by atoms with Crippen LogP contribution in [0.5, 0.6) is 0 Å². The average Bonchev–Trinajstić information content (AvgIpc) is 3.18. The molecule has 0 amide bonds. The summed E-state index contributed by atoms with van der Waals surface area (Å²) in [5.74, 6) is 0. The number of hydrogen-bond acceptors (Lipinski definition) is 3. The average molecular weight is 391 g/mol. The van der Waals surface area contributed by atoms with E-state index in [1.54, 1.807) is 6.20 Å². The van der Waals surface area contributed by atoms with Gasteiger partial charge in [-0.05, 0) is 36.8 Å². The van der Waals surface area contributed by atoms with Crippen LogP contribution in [0.1, 0.15) is 24.1 Å². The third-order valence-corrected chi connectivity index (χ3v) is 4.64. The smallest absolute Gasteiger partial charge is 0.0988 e. The lowest BCUT2D eigenvalue weighted by molar-refractivity contribution is 0.575. The van der Waals surface area contributed by atoms with E-state index in [-0.39, 0.29) is 18.4 Å². The van der Waals surface area contributed by atoms with E-state index < -0.39 is 0 Å². The SMILES string of the molecule is CC(NCc1cn(-c2ccccc2)nc1-c1cccnc1)c1ccccc1.Cl. The van der Waals surface area contributed by atoms with Crippen molar-refractivity contribution in [2.75, 3.05) is 0 Å². The third kappa shape index (κ3) is 4.47. The number of pyridine rings is 1.